The summed E-state index contributed by atoms with van der Waals surface area (Å²) in [5, 5.41) is 5.05. The standard InChI is InChI=1S/C19H20N2O2S/c22-19(20-14-16-6-2-1-3-7-16)21(15-17-8-4-12-23-17)11-10-18-9-5-13-24-18/h1-9,12-13H,10-11,14-15H2,(H,20,22). The summed E-state index contributed by atoms with van der Waals surface area (Å²) in [7, 11) is 0. The van der Waals surface area contributed by atoms with Crippen LogP contribution in [-0.2, 0) is 19.5 Å². The first kappa shape index (κ1) is 16.3. The van der Waals surface area contributed by atoms with E-state index in [9.17, 15) is 4.79 Å². The predicted molar refractivity (Wildman–Crippen MR) is 95.8 cm³/mol. The van der Waals surface area contributed by atoms with Crippen LogP contribution in [-0.4, -0.2) is 17.5 Å². The molecule has 0 unspecified atom stereocenters. The molecule has 2 amide bonds. The number of nitrogens with one attached hydrogen (secondary N) is 1. The zero-order valence-electron chi connectivity index (χ0n) is 13.4. The van der Waals surface area contributed by atoms with E-state index in [-0.39, 0.29) is 6.03 Å². The maximum Gasteiger partial charge on any atom is 0.318 e. The summed E-state index contributed by atoms with van der Waals surface area (Å²) in [5.41, 5.74) is 1.09. The highest BCUT2D eigenvalue weighted by Gasteiger charge is 2.15. The van der Waals surface area contributed by atoms with Crippen molar-refractivity contribution in [2.24, 2.45) is 0 Å². The summed E-state index contributed by atoms with van der Waals surface area (Å²) in [5.74, 6) is 0.788. The third-order valence-corrected chi connectivity index (χ3v) is 4.64. The first-order valence-corrected chi connectivity index (χ1v) is 8.81. The first-order chi connectivity index (χ1) is 11.8. The number of benzene rings is 1. The summed E-state index contributed by atoms with van der Waals surface area (Å²) in [6.45, 7) is 1.65. The van der Waals surface area contributed by atoms with E-state index in [2.05, 4.69) is 16.8 Å². The lowest BCUT2D eigenvalue weighted by Crippen LogP contribution is -2.40. The van der Waals surface area contributed by atoms with Gasteiger partial charge in [0, 0.05) is 18.0 Å². The van der Waals surface area contributed by atoms with Crippen LogP contribution in [0.3, 0.4) is 0 Å². The van der Waals surface area contributed by atoms with E-state index in [1.165, 1.54) is 4.88 Å². The number of furan rings is 1. The summed E-state index contributed by atoms with van der Waals surface area (Å²) in [6.07, 6.45) is 2.48. The molecule has 0 saturated heterocycles. The highest BCUT2D eigenvalue weighted by Crippen LogP contribution is 2.12. The lowest BCUT2D eigenvalue weighted by atomic mass is 10.2. The van der Waals surface area contributed by atoms with E-state index in [0.29, 0.717) is 19.6 Å². The molecule has 3 rings (SSSR count). The van der Waals surface area contributed by atoms with Gasteiger partial charge in [0.05, 0.1) is 12.8 Å². The molecule has 1 aromatic carbocycles. The van der Waals surface area contributed by atoms with Gasteiger partial charge in [-0.15, -0.1) is 11.3 Å². The van der Waals surface area contributed by atoms with Crippen LogP contribution in [0.4, 0.5) is 4.79 Å². The van der Waals surface area contributed by atoms with E-state index in [1.807, 2.05) is 48.5 Å². The van der Waals surface area contributed by atoms with Gasteiger partial charge in [0.1, 0.15) is 5.76 Å². The molecule has 0 atom stereocenters. The quantitative estimate of drug-likeness (QED) is 0.697. The van der Waals surface area contributed by atoms with E-state index >= 15 is 0 Å². The Labute approximate surface area is 145 Å². The Morgan fingerprint density at radius 2 is 1.96 bits per heavy atom. The lowest BCUT2D eigenvalue weighted by Gasteiger charge is -2.22. The van der Waals surface area contributed by atoms with Crippen LogP contribution in [0, 0.1) is 0 Å². The fourth-order valence-corrected chi connectivity index (χ4v) is 3.13. The summed E-state index contributed by atoms with van der Waals surface area (Å²) >= 11 is 1.71. The van der Waals surface area contributed by atoms with Gasteiger partial charge < -0.3 is 14.6 Å². The Morgan fingerprint density at radius 1 is 1.08 bits per heavy atom. The molecular weight excluding hydrogens is 320 g/mol. The second-order valence-corrected chi connectivity index (χ2v) is 6.51. The highest BCUT2D eigenvalue weighted by molar-refractivity contribution is 7.09. The molecule has 2 aromatic heterocycles. The normalized spacial score (nSPS) is 10.5. The second-order valence-electron chi connectivity index (χ2n) is 5.47. The number of hydrogen-bond acceptors (Lipinski definition) is 3. The van der Waals surface area contributed by atoms with Gasteiger partial charge in [-0.2, -0.15) is 0 Å². The summed E-state index contributed by atoms with van der Waals surface area (Å²) < 4.78 is 5.39. The van der Waals surface area contributed by atoms with Crippen molar-refractivity contribution in [3.8, 4) is 0 Å². The van der Waals surface area contributed by atoms with Gasteiger partial charge in [0.2, 0.25) is 0 Å². The molecule has 0 aliphatic carbocycles. The average molecular weight is 340 g/mol. The smallest absolute Gasteiger partial charge is 0.318 e. The molecule has 24 heavy (non-hydrogen) atoms. The Balaban J connectivity index is 1.60. The average Bonchev–Trinajstić information content (AvgIpc) is 3.31. The highest BCUT2D eigenvalue weighted by atomic mass is 32.1. The molecule has 0 aliphatic heterocycles. The summed E-state index contributed by atoms with van der Waals surface area (Å²) in [6, 6.07) is 17.7. The van der Waals surface area contributed by atoms with Crippen LogP contribution >= 0.6 is 11.3 Å². The molecule has 124 valence electrons. The van der Waals surface area contributed by atoms with E-state index < -0.39 is 0 Å². The Kier molecular flexibility index (Phi) is 5.69. The van der Waals surface area contributed by atoms with Gasteiger partial charge in [0.25, 0.3) is 0 Å². The molecule has 0 radical (unpaired) electrons. The molecule has 2 heterocycles. The third-order valence-electron chi connectivity index (χ3n) is 3.71. The van der Waals surface area contributed by atoms with E-state index in [1.54, 1.807) is 22.5 Å². The van der Waals surface area contributed by atoms with Crippen molar-refractivity contribution in [3.63, 3.8) is 0 Å². The summed E-state index contributed by atoms with van der Waals surface area (Å²) in [4.78, 5) is 15.6. The first-order valence-electron chi connectivity index (χ1n) is 7.93. The molecular formula is C19H20N2O2S. The zero-order chi connectivity index (χ0) is 16.6. The van der Waals surface area contributed by atoms with Crippen molar-refractivity contribution >= 4 is 17.4 Å². The van der Waals surface area contributed by atoms with Crippen LogP contribution in [0.15, 0.2) is 70.7 Å². The lowest BCUT2D eigenvalue weighted by molar-refractivity contribution is 0.190. The maximum atomic E-state index is 12.6. The molecule has 0 aliphatic rings. The van der Waals surface area contributed by atoms with Crippen molar-refractivity contribution < 1.29 is 9.21 Å². The van der Waals surface area contributed by atoms with Crippen LogP contribution in [0.25, 0.3) is 0 Å². The number of urea groups is 1. The fourth-order valence-electron chi connectivity index (χ4n) is 2.43. The Bertz CT molecular complexity index is 724. The van der Waals surface area contributed by atoms with Gasteiger partial charge in [-0.25, -0.2) is 4.79 Å². The topological polar surface area (TPSA) is 45.5 Å². The SMILES string of the molecule is O=C(NCc1ccccc1)N(CCc1cccs1)Cc1ccco1. The minimum atomic E-state index is -0.0770. The largest absolute Gasteiger partial charge is 0.467 e. The predicted octanol–water partition coefficient (Wildman–Crippen LogP) is 4.30. The van der Waals surface area contributed by atoms with Crippen molar-refractivity contribution in [3.05, 3.63) is 82.4 Å². The number of amides is 2. The fraction of sp³-hybridized carbons (Fsp3) is 0.211. The number of thiophene rings is 1. The maximum absolute atomic E-state index is 12.6. The molecule has 0 spiro atoms. The third kappa shape index (κ3) is 4.73. The molecule has 3 aromatic rings. The molecule has 0 fully saturated rings. The minimum absolute atomic E-state index is 0.0770. The second kappa shape index (κ2) is 8.36. The van der Waals surface area contributed by atoms with Crippen molar-refractivity contribution in [2.45, 2.75) is 19.5 Å². The molecule has 4 nitrogen and oxygen atoms in total. The van der Waals surface area contributed by atoms with Crippen LogP contribution in [0.2, 0.25) is 0 Å². The monoisotopic (exact) mass is 340 g/mol. The molecule has 1 N–H and O–H groups in total. The molecule has 5 heteroatoms. The Morgan fingerprint density at radius 3 is 2.67 bits per heavy atom. The van der Waals surface area contributed by atoms with E-state index in [4.69, 9.17) is 4.42 Å². The van der Waals surface area contributed by atoms with Gasteiger partial charge >= 0.3 is 6.03 Å². The van der Waals surface area contributed by atoms with Gasteiger partial charge in [-0.05, 0) is 35.6 Å². The molecule has 0 bridgehead atoms. The number of nitrogens with zero attached hydrogens (tertiary/aromatic N) is 1. The number of carbonyl (C=O) groups is 1. The van der Waals surface area contributed by atoms with Gasteiger partial charge in [0.15, 0.2) is 0 Å². The number of carbonyl (C=O) groups excluding carboxylic acids is 1. The van der Waals surface area contributed by atoms with Crippen molar-refractivity contribution in [1.82, 2.24) is 10.2 Å². The number of rotatable bonds is 7. The van der Waals surface area contributed by atoms with Gasteiger partial charge in [-0.1, -0.05) is 36.4 Å². The van der Waals surface area contributed by atoms with Crippen molar-refractivity contribution in [2.75, 3.05) is 6.54 Å². The van der Waals surface area contributed by atoms with E-state index in [0.717, 1.165) is 17.7 Å². The Hall–Kier alpha value is -2.53. The van der Waals surface area contributed by atoms with Crippen molar-refractivity contribution in [1.29, 1.82) is 0 Å². The van der Waals surface area contributed by atoms with Crippen LogP contribution < -0.4 is 5.32 Å². The van der Waals surface area contributed by atoms with Gasteiger partial charge in [-0.3, -0.25) is 0 Å². The number of hydrogen-bond donors (Lipinski definition) is 1. The minimum Gasteiger partial charge on any atom is -0.467 e. The van der Waals surface area contributed by atoms with Crippen LogP contribution in [0.5, 0.6) is 0 Å². The molecule has 0 saturated carbocycles. The van der Waals surface area contributed by atoms with Crippen LogP contribution in [0.1, 0.15) is 16.2 Å². The zero-order valence-corrected chi connectivity index (χ0v) is 14.2.